The first-order valence-electron chi connectivity index (χ1n) is 12.0. The van der Waals surface area contributed by atoms with Crippen LogP contribution in [0.1, 0.15) is 43.2 Å². The van der Waals surface area contributed by atoms with Crippen LogP contribution in [0.4, 0.5) is 0 Å². The molecule has 1 unspecified atom stereocenters. The van der Waals surface area contributed by atoms with Gasteiger partial charge >= 0.3 is 0 Å². The third-order valence-corrected chi connectivity index (χ3v) is 7.10. The summed E-state index contributed by atoms with van der Waals surface area (Å²) in [6.45, 7) is 5.37. The Balaban J connectivity index is 1.19. The molecule has 2 fully saturated rings. The van der Waals surface area contributed by atoms with E-state index in [1.165, 1.54) is 37.1 Å². The molecule has 2 aromatic rings. The number of carbonyl (C=O) groups excluding carboxylic acids is 1. The van der Waals surface area contributed by atoms with Gasteiger partial charge in [0.1, 0.15) is 0 Å². The van der Waals surface area contributed by atoms with E-state index in [2.05, 4.69) is 65.6 Å². The molecule has 1 N–H and O–H groups in total. The van der Waals surface area contributed by atoms with E-state index < -0.39 is 0 Å². The number of rotatable bonds is 7. The van der Waals surface area contributed by atoms with E-state index in [0.717, 1.165) is 57.7 Å². The van der Waals surface area contributed by atoms with Crippen molar-refractivity contribution in [3.63, 3.8) is 0 Å². The summed E-state index contributed by atoms with van der Waals surface area (Å²) in [5, 5.41) is 0. The lowest BCUT2D eigenvalue weighted by Crippen LogP contribution is -3.13. The Morgan fingerprint density at radius 3 is 2.27 bits per heavy atom. The van der Waals surface area contributed by atoms with Crippen molar-refractivity contribution in [2.24, 2.45) is 11.8 Å². The van der Waals surface area contributed by atoms with E-state index in [1.807, 2.05) is 0 Å². The molecule has 2 atom stereocenters. The molecular formula is C27H37N2O+. The van der Waals surface area contributed by atoms with Crippen LogP contribution in [0.3, 0.4) is 0 Å². The number of piperidine rings is 2. The van der Waals surface area contributed by atoms with E-state index in [0.29, 0.717) is 5.91 Å². The number of hydrogen-bond donors (Lipinski definition) is 1. The quantitative estimate of drug-likeness (QED) is 0.750. The summed E-state index contributed by atoms with van der Waals surface area (Å²) in [6.07, 6.45) is 8.11. The molecule has 0 spiro atoms. The van der Waals surface area contributed by atoms with E-state index in [4.69, 9.17) is 0 Å². The maximum absolute atomic E-state index is 13.2. The van der Waals surface area contributed by atoms with Crippen LogP contribution in [0.15, 0.2) is 60.7 Å². The zero-order valence-corrected chi connectivity index (χ0v) is 18.3. The third kappa shape index (κ3) is 5.95. The number of benzene rings is 2. The summed E-state index contributed by atoms with van der Waals surface area (Å²) in [5.41, 5.74) is 2.87. The van der Waals surface area contributed by atoms with Gasteiger partial charge in [0.05, 0.1) is 25.6 Å². The van der Waals surface area contributed by atoms with E-state index in [9.17, 15) is 4.79 Å². The number of aryl methyl sites for hydroxylation is 1. The number of hydrogen-bond acceptors (Lipinski definition) is 1. The molecule has 2 aliphatic heterocycles. The normalized spacial score (nSPS) is 22.7. The largest absolute Gasteiger partial charge is 0.342 e. The number of quaternary nitrogens is 1. The molecule has 0 bridgehead atoms. The lowest BCUT2D eigenvalue weighted by atomic mass is 9.89. The SMILES string of the molecule is O=C([C@H]1CCC[NH+](CCCc2ccccc2)C1)N1CCC(Cc2ccccc2)CC1. The van der Waals surface area contributed by atoms with Gasteiger partial charge in [0.2, 0.25) is 5.91 Å². The molecule has 0 saturated carbocycles. The highest BCUT2D eigenvalue weighted by Crippen LogP contribution is 2.23. The summed E-state index contributed by atoms with van der Waals surface area (Å²) in [5.74, 6) is 1.41. The first-order chi connectivity index (χ1) is 14.8. The van der Waals surface area contributed by atoms with Gasteiger partial charge in [-0.1, -0.05) is 60.7 Å². The van der Waals surface area contributed by atoms with Crippen molar-refractivity contribution in [1.29, 1.82) is 0 Å². The molecule has 2 heterocycles. The van der Waals surface area contributed by atoms with Crippen LogP contribution in [0, 0.1) is 11.8 Å². The molecule has 3 heteroatoms. The minimum Gasteiger partial charge on any atom is -0.342 e. The van der Waals surface area contributed by atoms with Gasteiger partial charge in [-0.2, -0.15) is 0 Å². The highest BCUT2D eigenvalue weighted by molar-refractivity contribution is 5.79. The van der Waals surface area contributed by atoms with Crippen LogP contribution in [0.2, 0.25) is 0 Å². The predicted molar refractivity (Wildman–Crippen MR) is 123 cm³/mol. The molecule has 3 nitrogen and oxygen atoms in total. The van der Waals surface area contributed by atoms with E-state index in [-0.39, 0.29) is 5.92 Å². The average Bonchev–Trinajstić information content (AvgIpc) is 2.81. The van der Waals surface area contributed by atoms with Crippen LogP contribution >= 0.6 is 0 Å². The van der Waals surface area contributed by atoms with Gasteiger partial charge in [0.15, 0.2) is 0 Å². The minimum absolute atomic E-state index is 0.246. The Kier molecular flexibility index (Phi) is 7.58. The van der Waals surface area contributed by atoms with Crippen LogP contribution in [0.5, 0.6) is 0 Å². The molecular weight excluding hydrogens is 368 g/mol. The second-order valence-corrected chi connectivity index (χ2v) is 9.34. The zero-order valence-electron chi connectivity index (χ0n) is 18.3. The van der Waals surface area contributed by atoms with Crippen molar-refractivity contribution in [3.8, 4) is 0 Å². The number of likely N-dealkylation sites (tertiary alicyclic amines) is 2. The fourth-order valence-corrected chi connectivity index (χ4v) is 5.34. The summed E-state index contributed by atoms with van der Waals surface area (Å²) >= 11 is 0. The van der Waals surface area contributed by atoms with E-state index in [1.54, 1.807) is 4.90 Å². The van der Waals surface area contributed by atoms with Gasteiger partial charge < -0.3 is 9.80 Å². The molecule has 0 aromatic heterocycles. The topological polar surface area (TPSA) is 24.8 Å². The van der Waals surface area contributed by atoms with Crippen molar-refractivity contribution >= 4 is 5.91 Å². The minimum atomic E-state index is 0.246. The second-order valence-electron chi connectivity index (χ2n) is 9.34. The summed E-state index contributed by atoms with van der Waals surface area (Å²) < 4.78 is 0. The highest BCUT2D eigenvalue weighted by Gasteiger charge is 2.33. The van der Waals surface area contributed by atoms with Crippen molar-refractivity contribution in [2.45, 2.75) is 44.9 Å². The lowest BCUT2D eigenvalue weighted by Gasteiger charge is -2.36. The molecule has 0 aliphatic carbocycles. The van der Waals surface area contributed by atoms with Gasteiger partial charge in [0, 0.05) is 19.5 Å². The van der Waals surface area contributed by atoms with Gasteiger partial charge in [-0.05, 0) is 55.6 Å². The highest BCUT2D eigenvalue weighted by atomic mass is 16.2. The van der Waals surface area contributed by atoms with Gasteiger partial charge in [0.25, 0.3) is 0 Å². The molecule has 30 heavy (non-hydrogen) atoms. The number of carbonyl (C=O) groups is 1. The molecule has 4 rings (SSSR count). The Labute approximate surface area is 182 Å². The molecule has 0 radical (unpaired) electrons. The molecule has 2 aliphatic rings. The fourth-order valence-electron chi connectivity index (χ4n) is 5.34. The van der Waals surface area contributed by atoms with Crippen LogP contribution in [-0.4, -0.2) is 43.5 Å². The maximum atomic E-state index is 13.2. The third-order valence-electron chi connectivity index (χ3n) is 7.10. The summed E-state index contributed by atoms with van der Waals surface area (Å²) in [7, 11) is 0. The van der Waals surface area contributed by atoms with Gasteiger partial charge in [-0.25, -0.2) is 0 Å². The first-order valence-corrected chi connectivity index (χ1v) is 12.0. The van der Waals surface area contributed by atoms with Crippen molar-refractivity contribution in [1.82, 2.24) is 4.90 Å². The van der Waals surface area contributed by atoms with Crippen LogP contribution in [-0.2, 0) is 17.6 Å². The number of amides is 1. The first kappa shape index (κ1) is 21.1. The average molecular weight is 406 g/mol. The number of nitrogens with one attached hydrogen (secondary N) is 1. The second kappa shape index (κ2) is 10.8. The molecule has 2 aromatic carbocycles. The van der Waals surface area contributed by atoms with E-state index >= 15 is 0 Å². The zero-order chi connectivity index (χ0) is 20.6. The number of nitrogens with zero attached hydrogens (tertiary/aromatic N) is 1. The van der Waals surface area contributed by atoms with Crippen molar-refractivity contribution in [3.05, 3.63) is 71.8 Å². The van der Waals surface area contributed by atoms with Gasteiger partial charge in [-0.3, -0.25) is 4.79 Å². The van der Waals surface area contributed by atoms with Gasteiger partial charge in [-0.15, -0.1) is 0 Å². The predicted octanol–water partition coefficient (Wildman–Crippen LogP) is 3.40. The summed E-state index contributed by atoms with van der Waals surface area (Å²) in [4.78, 5) is 17.0. The Morgan fingerprint density at radius 2 is 1.57 bits per heavy atom. The Morgan fingerprint density at radius 1 is 0.900 bits per heavy atom. The Hall–Kier alpha value is -2.13. The summed E-state index contributed by atoms with van der Waals surface area (Å²) in [6, 6.07) is 21.6. The van der Waals surface area contributed by atoms with Crippen LogP contribution < -0.4 is 4.90 Å². The van der Waals surface area contributed by atoms with Crippen molar-refractivity contribution in [2.75, 3.05) is 32.7 Å². The van der Waals surface area contributed by atoms with Crippen LogP contribution in [0.25, 0.3) is 0 Å². The maximum Gasteiger partial charge on any atom is 0.231 e. The fraction of sp³-hybridized carbons (Fsp3) is 0.519. The van der Waals surface area contributed by atoms with Crippen molar-refractivity contribution < 1.29 is 9.69 Å². The smallest absolute Gasteiger partial charge is 0.231 e. The monoisotopic (exact) mass is 405 g/mol. The lowest BCUT2D eigenvalue weighted by molar-refractivity contribution is -0.907. The molecule has 1 amide bonds. The Bertz CT molecular complexity index is 768. The standard InChI is InChI=1S/C27H36N2O/c30-27(29-19-15-25(16-20-29)21-24-11-5-2-6-12-24)26-14-8-18-28(22-26)17-7-13-23-9-3-1-4-10-23/h1-6,9-12,25-26H,7-8,13-22H2/p+1/t26-/m0/s1. The molecule has 2 saturated heterocycles. The molecule has 160 valence electrons.